The van der Waals surface area contributed by atoms with Gasteiger partial charge in [-0.25, -0.2) is 9.78 Å². The van der Waals surface area contributed by atoms with Gasteiger partial charge in [-0.15, -0.1) is 0 Å². The predicted molar refractivity (Wildman–Crippen MR) is 59.2 cm³/mol. The Morgan fingerprint density at radius 1 is 1.67 bits per heavy atom. The maximum atomic E-state index is 10.6. The lowest BCUT2D eigenvalue weighted by atomic mass is 10.2. The molecule has 1 rings (SSSR count). The predicted octanol–water partition coefficient (Wildman–Crippen LogP) is 2.58. The quantitative estimate of drug-likeness (QED) is 0.916. The van der Waals surface area contributed by atoms with Gasteiger partial charge >= 0.3 is 5.97 Å². The van der Waals surface area contributed by atoms with E-state index in [9.17, 15) is 4.79 Å². The summed E-state index contributed by atoms with van der Waals surface area (Å²) >= 11 is 3.21. The van der Waals surface area contributed by atoms with Crippen LogP contribution in [0, 0.1) is 5.92 Å². The number of carboxylic acids is 1. The Labute approximate surface area is 96.4 Å². The van der Waals surface area contributed by atoms with Crippen molar-refractivity contribution in [2.45, 2.75) is 13.8 Å². The van der Waals surface area contributed by atoms with Crippen molar-refractivity contribution < 1.29 is 14.6 Å². The van der Waals surface area contributed by atoms with Crippen molar-refractivity contribution in [1.29, 1.82) is 0 Å². The van der Waals surface area contributed by atoms with E-state index in [0.29, 0.717) is 22.9 Å². The molecule has 0 aromatic carbocycles. The van der Waals surface area contributed by atoms with Gasteiger partial charge in [-0.2, -0.15) is 0 Å². The van der Waals surface area contributed by atoms with E-state index in [-0.39, 0.29) is 5.56 Å². The monoisotopic (exact) mass is 273 g/mol. The molecule has 0 saturated carbocycles. The van der Waals surface area contributed by atoms with Gasteiger partial charge in [0.15, 0.2) is 0 Å². The first kappa shape index (κ1) is 12.0. The standard InChI is InChI=1S/C10H12BrNO3/c1-6(2)5-15-9-8(11)3-7(4-12-9)10(13)14/h3-4,6H,5H2,1-2H3,(H,13,14). The second-order valence-corrected chi connectivity index (χ2v) is 4.38. The summed E-state index contributed by atoms with van der Waals surface area (Å²) in [6.45, 7) is 4.61. The highest BCUT2D eigenvalue weighted by molar-refractivity contribution is 9.10. The molecule has 15 heavy (non-hydrogen) atoms. The molecule has 0 amide bonds. The summed E-state index contributed by atoms with van der Waals surface area (Å²) in [5.41, 5.74) is 0.138. The minimum atomic E-state index is -1.00. The van der Waals surface area contributed by atoms with Crippen LogP contribution in [0.2, 0.25) is 0 Å². The van der Waals surface area contributed by atoms with Crippen molar-refractivity contribution >= 4 is 21.9 Å². The van der Waals surface area contributed by atoms with Crippen molar-refractivity contribution in [2.24, 2.45) is 5.92 Å². The Morgan fingerprint density at radius 3 is 2.80 bits per heavy atom. The van der Waals surface area contributed by atoms with Gasteiger partial charge in [0.1, 0.15) is 0 Å². The summed E-state index contributed by atoms with van der Waals surface area (Å²) in [4.78, 5) is 14.6. The van der Waals surface area contributed by atoms with E-state index in [0.717, 1.165) is 0 Å². The highest BCUT2D eigenvalue weighted by Crippen LogP contribution is 2.23. The Kier molecular flexibility index (Phi) is 4.08. The second kappa shape index (κ2) is 5.11. The van der Waals surface area contributed by atoms with E-state index in [2.05, 4.69) is 20.9 Å². The van der Waals surface area contributed by atoms with Crippen molar-refractivity contribution in [2.75, 3.05) is 6.61 Å². The molecule has 0 saturated heterocycles. The number of carbonyl (C=O) groups is 1. The molecule has 0 atom stereocenters. The summed E-state index contributed by atoms with van der Waals surface area (Å²) in [6.07, 6.45) is 1.28. The number of nitrogens with zero attached hydrogens (tertiary/aromatic N) is 1. The van der Waals surface area contributed by atoms with Crippen LogP contribution in [0.3, 0.4) is 0 Å². The first-order chi connectivity index (χ1) is 7.00. The third-order valence-corrected chi connectivity index (χ3v) is 2.18. The summed E-state index contributed by atoms with van der Waals surface area (Å²) in [5.74, 6) is -0.176. The zero-order valence-corrected chi connectivity index (χ0v) is 10.1. The van der Waals surface area contributed by atoms with E-state index in [1.165, 1.54) is 12.3 Å². The van der Waals surface area contributed by atoms with Gasteiger partial charge in [-0.1, -0.05) is 13.8 Å². The second-order valence-electron chi connectivity index (χ2n) is 3.52. The van der Waals surface area contributed by atoms with Crippen LogP contribution in [0.1, 0.15) is 24.2 Å². The summed E-state index contributed by atoms with van der Waals surface area (Å²) in [6, 6.07) is 1.48. The van der Waals surface area contributed by atoms with Gasteiger partial charge in [-0.05, 0) is 27.9 Å². The van der Waals surface area contributed by atoms with Gasteiger partial charge in [0.05, 0.1) is 16.6 Å². The van der Waals surface area contributed by atoms with Crippen LogP contribution >= 0.6 is 15.9 Å². The van der Waals surface area contributed by atoms with Crippen LogP contribution in [0.25, 0.3) is 0 Å². The van der Waals surface area contributed by atoms with Gasteiger partial charge in [0, 0.05) is 6.20 Å². The smallest absolute Gasteiger partial charge is 0.337 e. The molecule has 4 nitrogen and oxygen atoms in total. The zero-order valence-electron chi connectivity index (χ0n) is 8.53. The van der Waals surface area contributed by atoms with Gasteiger partial charge in [0.25, 0.3) is 0 Å². The minimum Gasteiger partial charge on any atom is -0.478 e. The summed E-state index contributed by atoms with van der Waals surface area (Å²) in [7, 11) is 0. The highest BCUT2D eigenvalue weighted by Gasteiger charge is 2.09. The molecule has 1 aromatic heterocycles. The Bertz CT molecular complexity index is 366. The Morgan fingerprint density at radius 2 is 2.33 bits per heavy atom. The first-order valence-corrected chi connectivity index (χ1v) is 5.31. The van der Waals surface area contributed by atoms with Crippen molar-refractivity contribution in [1.82, 2.24) is 4.98 Å². The molecule has 1 aromatic rings. The van der Waals surface area contributed by atoms with Crippen LogP contribution in [0.5, 0.6) is 5.88 Å². The molecular formula is C10H12BrNO3. The number of hydrogen-bond donors (Lipinski definition) is 1. The van der Waals surface area contributed by atoms with E-state index in [1.807, 2.05) is 13.8 Å². The first-order valence-electron chi connectivity index (χ1n) is 4.52. The summed E-state index contributed by atoms with van der Waals surface area (Å²) < 4.78 is 5.94. The topological polar surface area (TPSA) is 59.4 Å². The fourth-order valence-electron chi connectivity index (χ4n) is 0.894. The SMILES string of the molecule is CC(C)COc1ncc(C(=O)O)cc1Br. The molecule has 0 spiro atoms. The molecule has 0 bridgehead atoms. The molecule has 0 fully saturated rings. The van der Waals surface area contributed by atoms with Crippen LogP contribution in [-0.2, 0) is 0 Å². The fraction of sp³-hybridized carbons (Fsp3) is 0.400. The lowest BCUT2D eigenvalue weighted by molar-refractivity contribution is 0.0696. The molecule has 82 valence electrons. The van der Waals surface area contributed by atoms with Crippen molar-refractivity contribution in [3.63, 3.8) is 0 Å². The average Bonchev–Trinajstić information content (AvgIpc) is 2.15. The molecule has 5 heteroatoms. The molecule has 1 N–H and O–H groups in total. The highest BCUT2D eigenvalue weighted by atomic mass is 79.9. The van der Waals surface area contributed by atoms with Gasteiger partial charge in [-0.3, -0.25) is 0 Å². The number of ether oxygens (including phenoxy) is 1. The molecular weight excluding hydrogens is 262 g/mol. The zero-order chi connectivity index (χ0) is 11.4. The number of hydrogen-bond acceptors (Lipinski definition) is 3. The van der Waals surface area contributed by atoms with E-state index >= 15 is 0 Å². The molecule has 0 radical (unpaired) electrons. The van der Waals surface area contributed by atoms with E-state index < -0.39 is 5.97 Å². The molecule has 1 heterocycles. The van der Waals surface area contributed by atoms with Crippen molar-refractivity contribution in [3.8, 4) is 5.88 Å². The Balaban J connectivity index is 2.79. The molecule has 0 aliphatic heterocycles. The van der Waals surface area contributed by atoms with E-state index in [4.69, 9.17) is 9.84 Å². The lowest BCUT2D eigenvalue weighted by Gasteiger charge is -2.09. The number of carboxylic acid groups (broad SMARTS) is 1. The van der Waals surface area contributed by atoms with Crippen LogP contribution in [0.4, 0.5) is 0 Å². The third kappa shape index (κ3) is 3.51. The van der Waals surface area contributed by atoms with Crippen LogP contribution < -0.4 is 4.74 Å². The maximum Gasteiger partial charge on any atom is 0.337 e. The molecule has 0 aliphatic carbocycles. The molecule has 0 unspecified atom stereocenters. The van der Waals surface area contributed by atoms with Crippen LogP contribution in [0.15, 0.2) is 16.7 Å². The largest absolute Gasteiger partial charge is 0.478 e. The Hall–Kier alpha value is -1.10. The summed E-state index contributed by atoms with van der Waals surface area (Å²) in [5, 5.41) is 8.72. The number of aromatic nitrogens is 1. The maximum absolute atomic E-state index is 10.6. The van der Waals surface area contributed by atoms with Gasteiger partial charge < -0.3 is 9.84 Å². The number of halogens is 1. The number of aromatic carboxylic acids is 1. The normalized spacial score (nSPS) is 10.4. The van der Waals surface area contributed by atoms with E-state index in [1.54, 1.807) is 0 Å². The molecule has 0 aliphatic rings. The number of rotatable bonds is 4. The third-order valence-electron chi connectivity index (χ3n) is 1.61. The average molecular weight is 274 g/mol. The number of pyridine rings is 1. The lowest BCUT2D eigenvalue weighted by Crippen LogP contribution is -2.07. The van der Waals surface area contributed by atoms with Crippen molar-refractivity contribution in [3.05, 3.63) is 22.3 Å². The van der Waals surface area contributed by atoms with Crippen LogP contribution in [-0.4, -0.2) is 22.7 Å². The van der Waals surface area contributed by atoms with Gasteiger partial charge in [0.2, 0.25) is 5.88 Å². The minimum absolute atomic E-state index is 0.138. The fourth-order valence-corrected chi connectivity index (χ4v) is 1.36.